The number of sulfonamides is 1. The third-order valence-corrected chi connectivity index (χ3v) is 5.58. The Morgan fingerprint density at radius 1 is 1.19 bits per heavy atom. The molecular weight excluding hydrogens is 284 g/mol. The van der Waals surface area contributed by atoms with Gasteiger partial charge in [-0.25, -0.2) is 12.7 Å². The molecule has 0 heterocycles. The van der Waals surface area contributed by atoms with Gasteiger partial charge in [-0.1, -0.05) is 39.3 Å². The summed E-state index contributed by atoms with van der Waals surface area (Å²) in [6, 6.07) is 7.23. The molecule has 0 fully saturated rings. The first kappa shape index (κ1) is 18.1. The molecule has 0 aromatic heterocycles. The van der Waals surface area contributed by atoms with E-state index in [1.807, 2.05) is 12.1 Å². The number of hydrogen-bond acceptors (Lipinski definition) is 3. The van der Waals surface area contributed by atoms with Gasteiger partial charge in [0.25, 0.3) is 0 Å². The molecule has 5 heteroatoms. The summed E-state index contributed by atoms with van der Waals surface area (Å²) in [6.45, 7) is 8.63. The summed E-state index contributed by atoms with van der Waals surface area (Å²) in [4.78, 5) is 0.375. The molecule has 1 atom stereocenters. The van der Waals surface area contributed by atoms with Gasteiger partial charge in [-0.3, -0.25) is 0 Å². The summed E-state index contributed by atoms with van der Waals surface area (Å²) in [6.07, 6.45) is 1.89. The lowest BCUT2D eigenvalue weighted by molar-refractivity contribution is 0.393. The van der Waals surface area contributed by atoms with E-state index in [-0.39, 0.29) is 0 Å². The maximum atomic E-state index is 12.5. The Labute approximate surface area is 129 Å². The second-order valence-electron chi connectivity index (χ2n) is 5.55. The van der Waals surface area contributed by atoms with Crippen molar-refractivity contribution in [1.82, 2.24) is 9.62 Å². The van der Waals surface area contributed by atoms with Crippen LogP contribution in [0.5, 0.6) is 0 Å². The normalized spacial score (nSPS) is 13.6. The van der Waals surface area contributed by atoms with Gasteiger partial charge in [0, 0.05) is 13.6 Å². The highest BCUT2D eigenvalue weighted by atomic mass is 32.2. The average Bonchev–Trinajstić information content (AvgIpc) is 2.47. The molecule has 1 N–H and O–H groups in total. The van der Waals surface area contributed by atoms with Gasteiger partial charge < -0.3 is 5.32 Å². The van der Waals surface area contributed by atoms with Crippen molar-refractivity contribution < 1.29 is 8.42 Å². The van der Waals surface area contributed by atoms with E-state index in [2.05, 4.69) is 26.1 Å². The average molecular weight is 312 g/mol. The lowest BCUT2D eigenvalue weighted by atomic mass is 10.1. The van der Waals surface area contributed by atoms with Crippen molar-refractivity contribution in [3.63, 3.8) is 0 Å². The predicted molar refractivity (Wildman–Crippen MR) is 88.0 cm³/mol. The van der Waals surface area contributed by atoms with Crippen molar-refractivity contribution in [2.24, 2.45) is 5.92 Å². The minimum atomic E-state index is -3.37. The molecule has 0 spiro atoms. The van der Waals surface area contributed by atoms with Gasteiger partial charge in [0.15, 0.2) is 0 Å². The zero-order chi connectivity index (χ0) is 15.9. The molecule has 1 aromatic carbocycles. The Morgan fingerprint density at radius 3 is 2.33 bits per heavy atom. The molecule has 0 bridgehead atoms. The van der Waals surface area contributed by atoms with E-state index in [1.165, 1.54) is 4.31 Å². The second-order valence-corrected chi connectivity index (χ2v) is 7.59. The van der Waals surface area contributed by atoms with Gasteiger partial charge >= 0.3 is 0 Å². The Hall–Kier alpha value is -0.910. The smallest absolute Gasteiger partial charge is 0.242 e. The molecule has 0 aliphatic rings. The minimum Gasteiger partial charge on any atom is -0.317 e. The van der Waals surface area contributed by atoms with Crippen LogP contribution in [0.25, 0.3) is 0 Å². The molecule has 0 aliphatic heterocycles. The molecule has 0 saturated heterocycles. The largest absolute Gasteiger partial charge is 0.317 e. The fraction of sp³-hybridized carbons (Fsp3) is 0.625. The molecule has 120 valence electrons. The van der Waals surface area contributed by atoms with Crippen molar-refractivity contribution in [3.05, 3.63) is 29.8 Å². The number of hydrogen-bond donors (Lipinski definition) is 1. The van der Waals surface area contributed by atoms with Crippen molar-refractivity contribution in [2.45, 2.75) is 38.5 Å². The van der Waals surface area contributed by atoms with Crippen molar-refractivity contribution >= 4 is 10.0 Å². The van der Waals surface area contributed by atoms with E-state index in [0.717, 1.165) is 31.5 Å². The van der Waals surface area contributed by atoms with Gasteiger partial charge in [-0.05, 0) is 43.1 Å². The fourth-order valence-electron chi connectivity index (χ4n) is 2.08. The zero-order valence-corrected chi connectivity index (χ0v) is 14.4. The van der Waals surface area contributed by atoms with Crippen LogP contribution < -0.4 is 5.32 Å². The highest BCUT2D eigenvalue weighted by molar-refractivity contribution is 7.89. The quantitative estimate of drug-likeness (QED) is 0.713. The van der Waals surface area contributed by atoms with Gasteiger partial charge in [0.1, 0.15) is 0 Å². The van der Waals surface area contributed by atoms with Crippen LogP contribution in [-0.4, -0.2) is 39.4 Å². The van der Waals surface area contributed by atoms with Crippen molar-refractivity contribution in [1.29, 1.82) is 0 Å². The molecule has 0 radical (unpaired) electrons. The summed E-state index contributed by atoms with van der Waals surface area (Å²) in [5, 5.41) is 3.26. The van der Waals surface area contributed by atoms with Crippen LogP contribution in [0.15, 0.2) is 29.2 Å². The van der Waals surface area contributed by atoms with Crippen molar-refractivity contribution in [2.75, 3.05) is 26.7 Å². The summed E-state index contributed by atoms with van der Waals surface area (Å²) >= 11 is 0. The molecule has 1 aromatic rings. The molecule has 0 saturated carbocycles. The Balaban J connectivity index is 2.75. The summed E-state index contributed by atoms with van der Waals surface area (Å²) in [5.74, 6) is 0.365. The van der Waals surface area contributed by atoms with E-state index in [0.29, 0.717) is 17.4 Å². The monoisotopic (exact) mass is 312 g/mol. The highest BCUT2D eigenvalue weighted by Crippen LogP contribution is 2.17. The summed E-state index contributed by atoms with van der Waals surface area (Å²) in [7, 11) is -1.72. The molecule has 1 rings (SSSR count). The Morgan fingerprint density at radius 2 is 1.81 bits per heavy atom. The van der Waals surface area contributed by atoms with E-state index in [1.54, 1.807) is 19.2 Å². The van der Waals surface area contributed by atoms with Crippen LogP contribution in [0.4, 0.5) is 0 Å². The van der Waals surface area contributed by atoms with Crippen LogP contribution in [0, 0.1) is 5.92 Å². The molecule has 0 aliphatic carbocycles. The van der Waals surface area contributed by atoms with Crippen LogP contribution in [0.3, 0.4) is 0 Å². The standard InChI is InChI=1S/C16H28N2O2S/c1-5-14(3)13-18(4)21(19,20)16-9-7-15(8-10-16)11-12-17-6-2/h7-10,14,17H,5-6,11-13H2,1-4H3. The first-order valence-electron chi connectivity index (χ1n) is 7.67. The molecule has 21 heavy (non-hydrogen) atoms. The maximum Gasteiger partial charge on any atom is 0.242 e. The number of benzene rings is 1. The van der Waals surface area contributed by atoms with Gasteiger partial charge in [0.05, 0.1) is 4.90 Å². The molecule has 4 nitrogen and oxygen atoms in total. The van der Waals surface area contributed by atoms with E-state index in [4.69, 9.17) is 0 Å². The number of rotatable bonds is 9. The number of nitrogens with one attached hydrogen (secondary N) is 1. The Kier molecular flexibility index (Phi) is 7.35. The van der Waals surface area contributed by atoms with Gasteiger partial charge in [-0.15, -0.1) is 0 Å². The first-order chi connectivity index (χ1) is 9.91. The second kappa shape index (κ2) is 8.51. The molecular formula is C16H28N2O2S. The van der Waals surface area contributed by atoms with Crippen LogP contribution >= 0.6 is 0 Å². The third-order valence-electron chi connectivity index (χ3n) is 3.74. The zero-order valence-electron chi connectivity index (χ0n) is 13.6. The van der Waals surface area contributed by atoms with Gasteiger partial charge in [-0.2, -0.15) is 0 Å². The predicted octanol–water partition coefficient (Wildman–Crippen LogP) is 2.51. The van der Waals surface area contributed by atoms with Gasteiger partial charge in [0.2, 0.25) is 10.0 Å². The Bertz CT molecular complexity index is 512. The maximum absolute atomic E-state index is 12.5. The number of likely N-dealkylation sites (N-methyl/N-ethyl adjacent to an activating group) is 1. The molecule has 0 amide bonds. The van der Waals surface area contributed by atoms with Crippen molar-refractivity contribution in [3.8, 4) is 0 Å². The van der Waals surface area contributed by atoms with Crippen LogP contribution in [-0.2, 0) is 16.4 Å². The summed E-state index contributed by atoms with van der Waals surface area (Å²) < 4.78 is 26.4. The number of nitrogens with zero attached hydrogens (tertiary/aromatic N) is 1. The minimum absolute atomic E-state index is 0.365. The third kappa shape index (κ3) is 5.41. The molecule has 1 unspecified atom stereocenters. The van der Waals surface area contributed by atoms with E-state index >= 15 is 0 Å². The van der Waals surface area contributed by atoms with Crippen LogP contribution in [0.2, 0.25) is 0 Å². The SMILES string of the molecule is CCNCCc1ccc(S(=O)(=O)N(C)CC(C)CC)cc1. The topological polar surface area (TPSA) is 49.4 Å². The van der Waals surface area contributed by atoms with E-state index < -0.39 is 10.0 Å². The lowest BCUT2D eigenvalue weighted by Crippen LogP contribution is -2.31. The van der Waals surface area contributed by atoms with E-state index in [9.17, 15) is 8.42 Å². The first-order valence-corrected chi connectivity index (χ1v) is 9.11. The highest BCUT2D eigenvalue weighted by Gasteiger charge is 2.21. The van der Waals surface area contributed by atoms with Crippen LogP contribution in [0.1, 0.15) is 32.8 Å². The lowest BCUT2D eigenvalue weighted by Gasteiger charge is -2.20. The summed E-state index contributed by atoms with van der Waals surface area (Å²) in [5.41, 5.74) is 1.15. The fourth-order valence-corrected chi connectivity index (χ4v) is 3.37.